The monoisotopic (exact) mass is 270 g/mol. The first-order valence-electron chi connectivity index (χ1n) is 5.44. The molecule has 7 heteroatoms. The van der Waals surface area contributed by atoms with E-state index in [0.717, 1.165) is 0 Å². The Morgan fingerprint density at radius 1 is 1.39 bits per heavy atom. The number of nitrogens with two attached hydrogens (primary N) is 1. The molecule has 0 spiro atoms. The van der Waals surface area contributed by atoms with Crippen molar-refractivity contribution in [1.29, 1.82) is 0 Å². The lowest BCUT2D eigenvalue weighted by molar-refractivity contribution is -0.117. The fraction of sp³-hybridized carbons (Fsp3) is 0.364. The van der Waals surface area contributed by atoms with E-state index in [9.17, 15) is 18.3 Å². The number of carbonyl (C=O) groups excluding carboxylic acids is 1. The molecule has 3 N–H and O–H groups in total. The molecule has 1 aliphatic rings. The predicted molar refractivity (Wildman–Crippen MR) is 66.2 cm³/mol. The summed E-state index contributed by atoms with van der Waals surface area (Å²) >= 11 is 0. The average molecular weight is 270 g/mol. The lowest BCUT2D eigenvalue weighted by Gasteiger charge is -2.19. The molecule has 0 saturated carbocycles. The third-order valence-electron chi connectivity index (χ3n) is 3.01. The first-order valence-corrected chi connectivity index (χ1v) is 7.05. The van der Waals surface area contributed by atoms with Crippen molar-refractivity contribution in [2.45, 2.75) is 18.3 Å². The summed E-state index contributed by atoms with van der Waals surface area (Å²) in [6.45, 7) is -0.172. The van der Waals surface area contributed by atoms with Crippen LogP contribution in [0.1, 0.15) is 12.0 Å². The van der Waals surface area contributed by atoms with E-state index < -0.39 is 15.3 Å². The van der Waals surface area contributed by atoms with Crippen molar-refractivity contribution >= 4 is 21.6 Å². The zero-order valence-electron chi connectivity index (χ0n) is 9.61. The highest BCUT2D eigenvalue weighted by molar-refractivity contribution is 7.89. The SMILES string of the molecule is NS(=O)(=O)C1CC(=O)N(c2ccccc2CO)C1. The summed E-state index contributed by atoms with van der Waals surface area (Å²) in [5.74, 6) is -0.296. The zero-order valence-corrected chi connectivity index (χ0v) is 10.4. The number of benzene rings is 1. The van der Waals surface area contributed by atoms with Gasteiger partial charge < -0.3 is 10.0 Å². The minimum Gasteiger partial charge on any atom is -0.392 e. The van der Waals surface area contributed by atoms with Gasteiger partial charge in [0, 0.05) is 24.2 Å². The lowest BCUT2D eigenvalue weighted by atomic mass is 10.2. The smallest absolute Gasteiger partial charge is 0.228 e. The number of hydrogen-bond acceptors (Lipinski definition) is 4. The molecule has 0 bridgehead atoms. The van der Waals surface area contributed by atoms with Crippen LogP contribution in [0.25, 0.3) is 0 Å². The van der Waals surface area contributed by atoms with E-state index >= 15 is 0 Å². The molecule has 2 rings (SSSR count). The van der Waals surface area contributed by atoms with Crippen LogP contribution in [0.3, 0.4) is 0 Å². The van der Waals surface area contributed by atoms with E-state index in [4.69, 9.17) is 5.14 Å². The van der Waals surface area contributed by atoms with Gasteiger partial charge in [0.15, 0.2) is 0 Å². The van der Waals surface area contributed by atoms with Crippen LogP contribution in [0.15, 0.2) is 24.3 Å². The Kier molecular flexibility index (Phi) is 3.38. The second-order valence-electron chi connectivity index (χ2n) is 4.21. The normalized spacial score (nSPS) is 20.4. The third-order valence-corrected chi connectivity index (χ3v) is 4.25. The van der Waals surface area contributed by atoms with Crippen molar-refractivity contribution in [3.63, 3.8) is 0 Å². The van der Waals surface area contributed by atoms with Crippen molar-refractivity contribution in [2.75, 3.05) is 11.4 Å². The first kappa shape index (κ1) is 13.0. The van der Waals surface area contributed by atoms with Crippen molar-refractivity contribution in [2.24, 2.45) is 5.14 Å². The largest absolute Gasteiger partial charge is 0.392 e. The lowest BCUT2D eigenvalue weighted by Crippen LogP contribution is -2.32. The molecular formula is C11H14N2O4S. The van der Waals surface area contributed by atoms with Crippen molar-refractivity contribution in [1.82, 2.24) is 0 Å². The Bertz CT molecular complexity index is 570. The van der Waals surface area contributed by atoms with E-state index in [-0.39, 0.29) is 25.5 Å². The van der Waals surface area contributed by atoms with Crippen LogP contribution in [0.4, 0.5) is 5.69 Å². The maximum Gasteiger partial charge on any atom is 0.228 e. The van der Waals surface area contributed by atoms with Gasteiger partial charge >= 0.3 is 0 Å². The van der Waals surface area contributed by atoms with Crippen LogP contribution in [-0.2, 0) is 21.4 Å². The second kappa shape index (κ2) is 4.68. The Labute approximate surface area is 105 Å². The van der Waals surface area contributed by atoms with E-state index in [2.05, 4.69) is 0 Å². The van der Waals surface area contributed by atoms with Crippen LogP contribution >= 0.6 is 0 Å². The fourth-order valence-electron chi connectivity index (χ4n) is 2.04. The number of nitrogens with zero attached hydrogens (tertiary/aromatic N) is 1. The molecule has 1 aliphatic heterocycles. The summed E-state index contributed by atoms with van der Waals surface area (Å²) in [6.07, 6.45) is -0.113. The molecule has 0 aliphatic carbocycles. The quantitative estimate of drug-likeness (QED) is 0.778. The minimum atomic E-state index is -3.72. The van der Waals surface area contributed by atoms with E-state index in [0.29, 0.717) is 11.3 Å². The highest BCUT2D eigenvalue weighted by Crippen LogP contribution is 2.27. The highest BCUT2D eigenvalue weighted by Gasteiger charge is 2.37. The second-order valence-corrected chi connectivity index (χ2v) is 6.05. The summed E-state index contributed by atoms with van der Waals surface area (Å²) < 4.78 is 22.5. The summed E-state index contributed by atoms with van der Waals surface area (Å²) in [5, 5.41) is 13.4. The standard InChI is InChI=1S/C11H14N2O4S/c12-18(16,17)9-5-11(15)13(6-9)10-4-2-1-3-8(10)7-14/h1-4,9,14H,5-7H2,(H2,12,16,17). The molecule has 98 valence electrons. The predicted octanol–water partition coefficient (Wildman–Crippen LogP) is -0.427. The molecule has 6 nitrogen and oxygen atoms in total. The number of carbonyl (C=O) groups is 1. The number of aliphatic hydroxyl groups is 1. The van der Waals surface area contributed by atoms with Gasteiger partial charge in [0.1, 0.15) is 5.25 Å². The van der Waals surface area contributed by atoms with Gasteiger partial charge in [-0.05, 0) is 6.07 Å². The molecule has 1 amide bonds. The van der Waals surface area contributed by atoms with Crippen LogP contribution in [0.5, 0.6) is 0 Å². The number of rotatable bonds is 3. The van der Waals surface area contributed by atoms with Crippen LogP contribution < -0.4 is 10.0 Å². The Morgan fingerprint density at radius 3 is 2.61 bits per heavy atom. The molecule has 0 aromatic heterocycles. The molecule has 1 atom stereocenters. The van der Waals surface area contributed by atoms with Crippen LogP contribution in [0.2, 0.25) is 0 Å². The number of primary sulfonamides is 1. The third kappa shape index (κ3) is 2.38. The Balaban J connectivity index is 2.33. The average Bonchev–Trinajstić information content (AvgIpc) is 2.71. The Hall–Kier alpha value is -1.44. The number of aliphatic hydroxyl groups excluding tert-OH is 1. The van der Waals surface area contributed by atoms with E-state index in [1.165, 1.54) is 4.90 Å². The van der Waals surface area contributed by atoms with Crippen molar-refractivity contribution in [3.05, 3.63) is 29.8 Å². The van der Waals surface area contributed by atoms with Gasteiger partial charge in [-0.2, -0.15) is 0 Å². The van der Waals surface area contributed by atoms with Gasteiger partial charge in [-0.15, -0.1) is 0 Å². The van der Waals surface area contributed by atoms with Crippen molar-refractivity contribution < 1.29 is 18.3 Å². The van der Waals surface area contributed by atoms with Gasteiger partial charge in [0.2, 0.25) is 15.9 Å². The summed E-state index contributed by atoms with van der Waals surface area (Å²) in [5.41, 5.74) is 1.12. The maximum atomic E-state index is 11.8. The van der Waals surface area contributed by atoms with Gasteiger partial charge in [0.25, 0.3) is 0 Å². The van der Waals surface area contributed by atoms with Crippen molar-refractivity contribution in [3.8, 4) is 0 Å². The molecule has 1 fully saturated rings. The maximum absolute atomic E-state index is 11.8. The van der Waals surface area contributed by atoms with Crippen LogP contribution in [-0.4, -0.2) is 31.2 Å². The fourth-order valence-corrected chi connectivity index (χ4v) is 2.77. The van der Waals surface area contributed by atoms with Gasteiger partial charge in [-0.3, -0.25) is 4.79 Å². The molecule has 1 saturated heterocycles. The molecule has 1 unspecified atom stereocenters. The van der Waals surface area contributed by atoms with Gasteiger partial charge in [0.05, 0.1) is 6.61 Å². The number of anilines is 1. The topological polar surface area (TPSA) is 101 Å². The Morgan fingerprint density at radius 2 is 2.06 bits per heavy atom. The summed E-state index contributed by atoms with van der Waals surface area (Å²) in [4.78, 5) is 13.2. The highest BCUT2D eigenvalue weighted by atomic mass is 32.2. The molecule has 0 radical (unpaired) electrons. The van der Waals surface area contributed by atoms with Gasteiger partial charge in [-0.25, -0.2) is 13.6 Å². The number of amides is 1. The van der Waals surface area contributed by atoms with Gasteiger partial charge in [-0.1, -0.05) is 18.2 Å². The van der Waals surface area contributed by atoms with Crippen LogP contribution in [0, 0.1) is 0 Å². The zero-order chi connectivity index (χ0) is 13.3. The summed E-state index contributed by atoms with van der Waals surface area (Å²) in [7, 11) is -3.72. The molecular weight excluding hydrogens is 256 g/mol. The minimum absolute atomic E-state index is 0.0364. The van der Waals surface area contributed by atoms with E-state index in [1.54, 1.807) is 24.3 Å². The molecule has 1 heterocycles. The molecule has 1 aromatic carbocycles. The molecule has 18 heavy (non-hydrogen) atoms. The summed E-state index contributed by atoms with van der Waals surface area (Å²) in [6, 6.07) is 6.83. The number of para-hydroxylation sites is 1. The first-order chi connectivity index (χ1) is 8.43. The number of sulfonamides is 1. The van der Waals surface area contributed by atoms with E-state index in [1.807, 2.05) is 0 Å². The molecule has 1 aromatic rings. The number of hydrogen-bond donors (Lipinski definition) is 2.